The number of amides is 1. The molecule has 0 radical (unpaired) electrons. The number of hydrogen-bond acceptors (Lipinski definition) is 2. The predicted molar refractivity (Wildman–Crippen MR) is 64.3 cm³/mol. The Morgan fingerprint density at radius 2 is 1.62 bits per heavy atom. The first-order chi connectivity index (χ1) is 7.24. The highest BCUT2D eigenvalue weighted by molar-refractivity contribution is 5.94. The standard InChI is InChI=1S/C13H19NO2/c1-12(2,13(3,4)16)14-11(15)10-8-6-5-7-9-10/h5-9,16H,1-4H3,(H,14,15). The molecule has 0 aliphatic heterocycles. The molecule has 0 heterocycles. The molecule has 0 atom stereocenters. The van der Waals surface area contributed by atoms with Gasteiger partial charge in [-0.3, -0.25) is 4.79 Å². The van der Waals surface area contributed by atoms with Gasteiger partial charge < -0.3 is 10.4 Å². The summed E-state index contributed by atoms with van der Waals surface area (Å²) in [6, 6.07) is 8.97. The minimum absolute atomic E-state index is 0.173. The molecular weight excluding hydrogens is 202 g/mol. The van der Waals surface area contributed by atoms with Gasteiger partial charge in [0.2, 0.25) is 0 Å². The fourth-order valence-electron chi connectivity index (χ4n) is 1.10. The normalized spacial score (nSPS) is 12.3. The first-order valence-corrected chi connectivity index (χ1v) is 5.34. The molecule has 0 unspecified atom stereocenters. The quantitative estimate of drug-likeness (QED) is 0.819. The van der Waals surface area contributed by atoms with Crippen molar-refractivity contribution in [2.45, 2.75) is 38.8 Å². The van der Waals surface area contributed by atoms with Crippen molar-refractivity contribution in [1.82, 2.24) is 5.32 Å². The number of rotatable bonds is 3. The van der Waals surface area contributed by atoms with Crippen LogP contribution in [0.5, 0.6) is 0 Å². The Balaban J connectivity index is 2.80. The number of carbonyl (C=O) groups is 1. The van der Waals surface area contributed by atoms with E-state index in [4.69, 9.17) is 0 Å². The SMILES string of the molecule is CC(C)(O)C(C)(C)NC(=O)c1ccccc1. The van der Waals surface area contributed by atoms with Crippen molar-refractivity contribution in [3.05, 3.63) is 35.9 Å². The number of benzene rings is 1. The first kappa shape index (κ1) is 12.7. The monoisotopic (exact) mass is 221 g/mol. The van der Waals surface area contributed by atoms with Gasteiger partial charge in [-0.1, -0.05) is 18.2 Å². The topological polar surface area (TPSA) is 49.3 Å². The van der Waals surface area contributed by atoms with Gasteiger partial charge in [0, 0.05) is 5.56 Å². The van der Waals surface area contributed by atoms with Crippen LogP contribution >= 0.6 is 0 Å². The van der Waals surface area contributed by atoms with Gasteiger partial charge in [-0.05, 0) is 39.8 Å². The second kappa shape index (κ2) is 4.26. The first-order valence-electron chi connectivity index (χ1n) is 5.34. The van der Waals surface area contributed by atoms with E-state index in [-0.39, 0.29) is 5.91 Å². The summed E-state index contributed by atoms with van der Waals surface area (Å²) in [5.41, 5.74) is -1.06. The summed E-state index contributed by atoms with van der Waals surface area (Å²) in [6.07, 6.45) is 0. The van der Waals surface area contributed by atoms with Crippen molar-refractivity contribution in [3.63, 3.8) is 0 Å². The van der Waals surface area contributed by atoms with Crippen LogP contribution in [0.1, 0.15) is 38.1 Å². The molecule has 0 aromatic heterocycles. The van der Waals surface area contributed by atoms with Crippen LogP contribution in [0.4, 0.5) is 0 Å². The number of nitrogens with one attached hydrogen (secondary N) is 1. The number of hydrogen-bond donors (Lipinski definition) is 2. The predicted octanol–water partition coefficient (Wildman–Crippen LogP) is 1.97. The van der Waals surface area contributed by atoms with Crippen LogP contribution in [-0.2, 0) is 0 Å². The molecule has 0 spiro atoms. The van der Waals surface area contributed by atoms with Crippen molar-refractivity contribution in [2.24, 2.45) is 0 Å². The Bertz CT molecular complexity index is 363. The lowest BCUT2D eigenvalue weighted by atomic mass is 9.86. The van der Waals surface area contributed by atoms with E-state index in [1.165, 1.54) is 0 Å². The summed E-state index contributed by atoms with van der Waals surface area (Å²) < 4.78 is 0. The van der Waals surface area contributed by atoms with Crippen LogP contribution in [0.3, 0.4) is 0 Å². The van der Waals surface area contributed by atoms with Crippen LogP contribution < -0.4 is 5.32 Å². The van der Waals surface area contributed by atoms with Crippen LogP contribution in [0.15, 0.2) is 30.3 Å². The molecule has 1 aromatic carbocycles. The van der Waals surface area contributed by atoms with Crippen LogP contribution in [0, 0.1) is 0 Å². The third kappa shape index (κ3) is 2.83. The lowest BCUT2D eigenvalue weighted by Gasteiger charge is -2.38. The van der Waals surface area contributed by atoms with Gasteiger partial charge in [0.1, 0.15) is 0 Å². The van der Waals surface area contributed by atoms with E-state index in [1.807, 2.05) is 18.2 Å². The minimum Gasteiger partial charge on any atom is -0.388 e. The molecule has 3 nitrogen and oxygen atoms in total. The molecule has 0 saturated heterocycles. The Morgan fingerprint density at radius 1 is 1.12 bits per heavy atom. The average Bonchev–Trinajstić information content (AvgIpc) is 2.16. The van der Waals surface area contributed by atoms with E-state index in [1.54, 1.807) is 39.8 Å². The lowest BCUT2D eigenvalue weighted by Crippen LogP contribution is -2.57. The van der Waals surface area contributed by atoms with Gasteiger partial charge in [0.15, 0.2) is 0 Å². The summed E-state index contributed by atoms with van der Waals surface area (Å²) in [5.74, 6) is -0.173. The van der Waals surface area contributed by atoms with Crippen molar-refractivity contribution >= 4 is 5.91 Å². The summed E-state index contributed by atoms with van der Waals surface area (Å²) in [4.78, 5) is 11.9. The van der Waals surface area contributed by atoms with E-state index in [0.717, 1.165) is 0 Å². The third-order valence-electron chi connectivity index (χ3n) is 2.99. The fourth-order valence-corrected chi connectivity index (χ4v) is 1.10. The molecule has 0 saturated carbocycles. The Labute approximate surface area is 96.5 Å². The zero-order valence-electron chi connectivity index (χ0n) is 10.2. The molecule has 2 N–H and O–H groups in total. The Morgan fingerprint density at radius 3 is 2.06 bits per heavy atom. The minimum atomic E-state index is -0.975. The van der Waals surface area contributed by atoms with Crippen LogP contribution in [0.2, 0.25) is 0 Å². The zero-order chi connectivity index (χ0) is 12.4. The van der Waals surface area contributed by atoms with Gasteiger partial charge in [-0.2, -0.15) is 0 Å². The molecule has 0 aliphatic carbocycles. The van der Waals surface area contributed by atoms with Crippen molar-refractivity contribution < 1.29 is 9.90 Å². The second-order valence-electron chi connectivity index (χ2n) is 5.00. The van der Waals surface area contributed by atoms with E-state index in [9.17, 15) is 9.90 Å². The van der Waals surface area contributed by atoms with E-state index >= 15 is 0 Å². The van der Waals surface area contributed by atoms with Gasteiger partial charge in [0.25, 0.3) is 5.91 Å². The Hall–Kier alpha value is -1.35. The molecule has 1 rings (SSSR count). The van der Waals surface area contributed by atoms with Gasteiger partial charge >= 0.3 is 0 Å². The molecule has 1 amide bonds. The molecule has 0 fully saturated rings. The van der Waals surface area contributed by atoms with E-state index in [2.05, 4.69) is 5.32 Å². The third-order valence-corrected chi connectivity index (χ3v) is 2.99. The highest BCUT2D eigenvalue weighted by Crippen LogP contribution is 2.20. The molecule has 0 aliphatic rings. The van der Waals surface area contributed by atoms with E-state index in [0.29, 0.717) is 5.56 Å². The van der Waals surface area contributed by atoms with Crippen LogP contribution in [0.25, 0.3) is 0 Å². The summed E-state index contributed by atoms with van der Waals surface area (Å²) in [5, 5.41) is 12.8. The van der Waals surface area contributed by atoms with Crippen molar-refractivity contribution in [3.8, 4) is 0 Å². The second-order valence-corrected chi connectivity index (χ2v) is 5.00. The average molecular weight is 221 g/mol. The van der Waals surface area contributed by atoms with Gasteiger partial charge in [0.05, 0.1) is 11.1 Å². The van der Waals surface area contributed by atoms with Crippen LogP contribution in [-0.4, -0.2) is 22.2 Å². The molecule has 3 heteroatoms. The highest BCUT2D eigenvalue weighted by Gasteiger charge is 2.36. The Kier molecular flexibility index (Phi) is 3.38. The number of aliphatic hydroxyl groups is 1. The molecule has 88 valence electrons. The zero-order valence-corrected chi connectivity index (χ0v) is 10.2. The molecule has 0 bridgehead atoms. The molecular formula is C13H19NO2. The van der Waals surface area contributed by atoms with E-state index < -0.39 is 11.1 Å². The largest absolute Gasteiger partial charge is 0.388 e. The van der Waals surface area contributed by atoms with Crippen molar-refractivity contribution in [2.75, 3.05) is 0 Å². The number of carbonyl (C=O) groups excluding carboxylic acids is 1. The smallest absolute Gasteiger partial charge is 0.251 e. The lowest BCUT2D eigenvalue weighted by molar-refractivity contribution is -0.00292. The fraction of sp³-hybridized carbons (Fsp3) is 0.462. The molecule has 16 heavy (non-hydrogen) atoms. The van der Waals surface area contributed by atoms with Gasteiger partial charge in [-0.15, -0.1) is 0 Å². The molecule has 1 aromatic rings. The highest BCUT2D eigenvalue weighted by atomic mass is 16.3. The van der Waals surface area contributed by atoms with Crippen molar-refractivity contribution in [1.29, 1.82) is 0 Å². The maximum Gasteiger partial charge on any atom is 0.251 e. The maximum atomic E-state index is 11.9. The summed E-state index contributed by atoms with van der Waals surface area (Å²) >= 11 is 0. The van der Waals surface area contributed by atoms with Gasteiger partial charge in [-0.25, -0.2) is 0 Å². The summed E-state index contributed by atoms with van der Waals surface area (Å²) in [6.45, 7) is 6.96. The summed E-state index contributed by atoms with van der Waals surface area (Å²) in [7, 11) is 0. The maximum absolute atomic E-state index is 11.9.